The third kappa shape index (κ3) is 4.52. The summed E-state index contributed by atoms with van der Waals surface area (Å²) in [6.45, 7) is 7.52. The molecule has 0 aliphatic carbocycles. The Hall–Kier alpha value is -0.570. The minimum atomic E-state index is 0.374. The highest BCUT2D eigenvalue weighted by atomic mass is 35.5. The van der Waals surface area contributed by atoms with Gasteiger partial charge in [-0.05, 0) is 31.2 Å². The van der Waals surface area contributed by atoms with Gasteiger partial charge in [0.1, 0.15) is 0 Å². The average Bonchev–Trinajstić information content (AvgIpc) is 2.29. The molecule has 0 aromatic heterocycles. The van der Waals surface area contributed by atoms with Crippen LogP contribution in [0, 0.1) is 0 Å². The van der Waals surface area contributed by atoms with Gasteiger partial charge in [0.2, 0.25) is 0 Å². The Kier molecular flexibility index (Phi) is 6.46. The second-order valence-corrected chi connectivity index (χ2v) is 4.16. The molecule has 3 heteroatoms. The van der Waals surface area contributed by atoms with E-state index in [1.165, 1.54) is 5.56 Å². The number of hydrogen-bond acceptors (Lipinski definition) is 2. The number of halogens is 1. The molecule has 1 unspecified atom stereocenters. The van der Waals surface area contributed by atoms with Gasteiger partial charge in [-0.15, -0.1) is 0 Å². The van der Waals surface area contributed by atoms with Crippen LogP contribution in [0.4, 0.5) is 0 Å². The molecule has 0 aliphatic heterocycles. The van der Waals surface area contributed by atoms with Gasteiger partial charge in [0.15, 0.2) is 0 Å². The summed E-state index contributed by atoms with van der Waals surface area (Å²) >= 11 is 6.00. The molecule has 0 amide bonds. The van der Waals surface area contributed by atoms with E-state index in [4.69, 9.17) is 16.3 Å². The summed E-state index contributed by atoms with van der Waals surface area (Å²) in [7, 11) is 0. The van der Waals surface area contributed by atoms with Crippen LogP contribution in [-0.2, 0) is 4.74 Å². The zero-order valence-corrected chi connectivity index (χ0v) is 10.8. The Balaban J connectivity index is 2.66. The van der Waals surface area contributed by atoms with E-state index in [9.17, 15) is 0 Å². The molecule has 2 nitrogen and oxygen atoms in total. The first-order valence-electron chi connectivity index (χ1n) is 5.81. The first kappa shape index (κ1) is 13.5. The summed E-state index contributed by atoms with van der Waals surface area (Å²) in [6.07, 6.45) is 0. The molecule has 0 aliphatic rings. The first-order chi connectivity index (χ1) is 7.77. The van der Waals surface area contributed by atoms with Crippen LogP contribution >= 0.6 is 11.6 Å². The van der Waals surface area contributed by atoms with Gasteiger partial charge in [0.05, 0.1) is 6.61 Å². The van der Waals surface area contributed by atoms with Crippen LogP contribution in [0.3, 0.4) is 0 Å². The fourth-order valence-corrected chi connectivity index (χ4v) is 1.81. The lowest BCUT2D eigenvalue weighted by Gasteiger charge is -2.17. The molecular weight excluding hydrogens is 222 g/mol. The zero-order chi connectivity index (χ0) is 11.8. The van der Waals surface area contributed by atoms with Crippen LogP contribution in [0.15, 0.2) is 24.3 Å². The Bertz CT molecular complexity index is 296. The van der Waals surface area contributed by atoms with Crippen molar-refractivity contribution in [3.8, 4) is 0 Å². The van der Waals surface area contributed by atoms with Crippen molar-refractivity contribution in [2.75, 3.05) is 26.3 Å². The van der Waals surface area contributed by atoms with E-state index in [1.54, 1.807) is 0 Å². The molecule has 1 atom stereocenters. The highest BCUT2D eigenvalue weighted by Gasteiger charge is 2.11. The maximum absolute atomic E-state index is 6.00. The van der Waals surface area contributed by atoms with Gasteiger partial charge >= 0.3 is 0 Å². The van der Waals surface area contributed by atoms with Gasteiger partial charge in [-0.2, -0.15) is 0 Å². The van der Waals surface area contributed by atoms with Gasteiger partial charge in [0.25, 0.3) is 0 Å². The van der Waals surface area contributed by atoms with Gasteiger partial charge < -0.3 is 10.1 Å². The largest absolute Gasteiger partial charge is 0.381 e. The maximum atomic E-state index is 6.00. The standard InChI is InChI=1S/C13H20ClNO/c1-3-15-9-12(10-16-4-2)11-6-5-7-13(14)8-11/h5-8,12,15H,3-4,9-10H2,1-2H3. The van der Waals surface area contributed by atoms with Crippen molar-refractivity contribution in [2.24, 2.45) is 0 Å². The van der Waals surface area contributed by atoms with E-state index in [0.717, 1.165) is 31.3 Å². The lowest BCUT2D eigenvalue weighted by atomic mass is 10.00. The van der Waals surface area contributed by atoms with Crippen molar-refractivity contribution in [3.63, 3.8) is 0 Å². The minimum absolute atomic E-state index is 0.374. The molecule has 1 N–H and O–H groups in total. The molecule has 0 heterocycles. The average molecular weight is 242 g/mol. The van der Waals surface area contributed by atoms with Crippen LogP contribution < -0.4 is 5.32 Å². The Morgan fingerprint density at radius 2 is 2.19 bits per heavy atom. The molecule has 0 bridgehead atoms. The van der Waals surface area contributed by atoms with Crippen LogP contribution in [0.1, 0.15) is 25.3 Å². The molecule has 1 rings (SSSR count). The van der Waals surface area contributed by atoms with Crippen LogP contribution in [0.5, 0.6) is 0 Å². The molecule has 1 aromatic rings. The van der Waals surface area contributed by atoms with Crippen LogP contribution in [-0.4, -0.2) is 26.3 Å². The summed E-state index contributed by atoms with van der Waals surface area (Å²) in [5.74, 6) is 0.374. The monoisotopic (exact) mass is 241 g/mol. The summed E-state index contributed by atoms with van der Waals surface area (Å²) in [6, 6.07) is 8.01. The van der Waals surface area contributed by atoms with Gasteiger partial charge in [-0.3, -0.25) is 0 Å². The predicted molar refractivity (Wildman–Crippen MR) is 69.2 cm³/mol. The number of hydrogen-bond donors (Lipinski definition) is 1. The summed E-state index contributed by atoms with van der Waals surface area (Å²) in [5, 5.41) is 4.14. The Morgan fingerprint density at radius 3 is 2.81 bits per heavy atom. The molecular formula is C13H20ClNO. The summed E-state index contributed by atoms with van der Waals surface area (Å²) < 4.78 is 5.50. The molecule has 0 saturated heterocycles. The second-order valence-electron chi connectivity index (χ2n) is 3.72. The number of likely N-dealkylation sites (N-methyl/N-ethyl adjacent to an activating group) is 1. The van der Waals surface area contributed by atoms with Crippen molar-refractivity contribution < 1.29 is 4.74 Å². The smallest absolute Gasteiger partial charge is 0.0546 e. The Morgan fingerprint density at radius 1 is 1.38 bits per heavy atom. The quantitative estimate of drug-likeness (QED) is 0.792. The van der Waals surface area contributed by atoms with E-state index in [2.05, 4.69) is 18.3 Å². The SMILES string of the molecule is CCNCC(COCC)c1cccc(Cl)c1. The van der Waals surface area contributed by atoms with E-state index >= 15 is 0 Å². The van der Waals surface area contributed by atoms with Crippen molar-refractivity contribution in [2.45, 2.75) is 19.8 Å². The molecule has 0 spiro atoms. The van der Waals surface area contributed by atoms with Crippen LogP contribution in [0.25, 0.3) is 0 Å². The highest BCUT2D eigenvalue weighted by Crippen LogP contribution is 2.19. The second kappa shape index (κ2) is 7.66. The predicted octanol–water partition coefficient (Wildman–Crippen LogP) is 3.07. The van der Waals surface area contributed by atoms with Crippen molar-refractivity contribution in [1.29, 1.82) is 0 Å². The third-order valence-electron chi connectivity index (χ3n) is 2.48. The Labute approximate surface area is 103 Å². The van der Waals surface area contributed by atoms with Crippen molar-refractivity contribution in [1.82, 2.24) is 5.32 Å². The lowest BCUT2D eigenvalue weighted by Crippen LogP contribution is -2.24. The molecule has 90 valence electrons. The van der Waals surface area contributed by atoms with E-state index in [-0.39, 0.29) is 0 Å². The third-order valence-corrected chi connectivity index (χ3v) is 2.72. The number of nitrogens with one attached hydrogen (secondary N) is 1. The van der Waals surface area contributed by atoms with E-state index < -0.39 is 0 Å². The summed E-state index contributed by atoms with van der Waals surface area (Å²) in [5.41, 5.74) is 1.24. The summed E-state index contributed by atoms with van der Waals surface area (Å²) in [4.78, 5) is 0. The topological polar surface area (TPSA) is 21.3 Å². The molecule has 0 fully saturated rings. The number of rotatable bonds is 7. The van der Waals surface area contributed by atoms with Crippen LogP contribution in [0.2, 0.25) is 5.02 Å². The molecule has 16 heavy (non-hydrogen) atoms. The first-order valence-corrected chi connectivity index (χ1v) is 6.19. The number of benzene rings is 1. The van der Waals surface area contributed by atoms with Gasteiger partial charge in [-0.1, -0.05) is 30.7 Å². The van der Waals surface area contributed by atoms with Gasteiger partial charge in [-0.25, -0.2) is 0 Å². The lowest BCUT2D eigenvalue weighted by molar-refractivity contribution is 0.131. The van der Waals surface area contributed by atoms with Crippen molar-refractivity contribution >= 4 is 11.6 Å². The molecule has 1 aromatic carbocycles. The zero-order valence-electron chi connectivity index (χ0n) is 10.0. The highest BCUT2D eigenvalue weighted by molar-refractivity contribution is 6.30. The van der Waals surface area contributed by atoms with E-state index in [1.807, 2.05) is 25.1 Å². The minimum Gasteiger partial charge on any atom is -0.381 e. The van der Waals surface area contributed by atoms with Gasteiger partial charge in [0, 0.05) is 24.1 Å². The fourth-order valence-electron chi connectivity index (χ4n) is 1.61. The fraction of sp³-hybridized carbons (Fsp3) is 0.538. The van der Waals surface area contributed by atoms with Crippen molar-refractivity contribution in [3.05, 3.63) is 34.9 Å². The number of ether oxygens (including phenoxy) is 1. The molecule has 0 radical (unpaired) electrons. The maximum Gasteiger partial charge on any atom is 0.0546 e. The molecule has 0 saturated carbocycles. The normalized spacial score (nSPS) is 12.7. The van der Waals surface area contributed by atoms with E-state index in [0.29, 0.717) is 5.92 Å².